The highest BCUT2D eigenvalue weighted by molar-refractivity contribution is 5.34. The maximum atomic E-state index is 5.65. The van der Waals surface area contributed by atoms with Crippen LogP contribution in [0.2, 0.25) is 0 Å². The zero-order valence-electron chi connectivity index (χ0n) is 12.4. The van der Waals surface area contributed by atoms with E-state index in [0.717, 1.165) is 37.5 Å². The molecule has 0 aliphatic carbocycles. The highest BCUT2D eigenvalue weighted by Crippen LogP contribution is 2.10. The summed E-state index contributed by atoms with van der Waals surface area (Å²) in [5.41, 5.74) is 7.47. The van der Waals surface area contributed by atoms with Crippen LogP contribution in [0.4, 0.5) is 5.69 Å². The molecule has 0 radical (unpaired) electrons. The van der Waals surface area contributed by atoms with Crippen molar-refractivity contribution in [2.45, 2.75) is 39.2 Å². The van der Waals surface area contributed by atoms with Gasteiger partial charge in [0, 0.05) is 38.4 Å². The van der Waals surface area contributed by atoms with Crippen LogP contribution in [0.15, 0.2) is 18.3 Å². The van der Waals surface area contributed by atoms with E-state index in [2.05, 4.69) is 23.7 Å². The molecule has 0 saturated heterocycles. The van der Waals surface area contributed by atoms with Crippen LogP contribution in [-0.2, 0) is 11.2 Å². The lowest BCUT2D eigenvalue weighted by atomic mass is 10.1. The van der Waals surface area contributed by atoms with Gasteiger partial charge in [-0.3, -0.25) is 9.88 Å². The summed E-state index contributed by atoms with van der Waals surface area (Å²) in [6.07, 6.45) is 5.04. The number of ether oxygens (including phenoxy) is 1. The summed E-state index contributed by atoms with van der Waals surface area (Å²) < 4.78 is 5.21. The van der Waals surface area contributed by atoms with Crippen molar-refractivity contribution >= 4 is 5.69 Å². The Morgan fingerprint density at radius 1 is 1.26 bits per heavy atom. The molecule has 1 aromatic heterocycles. The minimum absolute atomic E-state index is 0.629. The van der Waals surface area contributed by atoms with E-state index < -0.39 is 0 Å². The Morgan fingerprint density at radius 2 is 2.00 bits per heavy atom. The highest BCUT2D eigenvalue weighted by atomic mass is 16.5. The average molecular weight is 265 g/mol. The van der Waals surface area contributed by atoms with Gasteiger partial charge in [0.1, 0.15) is 0 Å². The summed E-state index contributed by atoms with van der Waals surface area (Å²) in [4.78, 5) is 6.86. The Labute approximate surface area is 117 Å². The Hall–Kier alpha value is -1.13. The van der Waals surface area contributed by atoms with Crippen LogP contribution >= 0.6 is 0 Å². The number of nitrogens with two attached hydrogens (primary N) is 1. The monoisotopic (exact) mass is 265 g/mol. The number of methoxy groups -OCH3 is 1. The number of hydrogen-bond donors (Lipinski definition) is 1. The molecule has 0 amide bonds. The van der Waals surface area contributed by atoms with Crippen molar-refractivity contribution in [3.63, 3.8) is 0 Å². The molecule has 1 heterocycles. The van der Waals surface area contributed by atoms with E-state index in [1.807, 2.05) is 12.1 Å². The van der Waals surface area contributed by atoms with Crippen molar-refractivity contribution in [1.82, 2.24) is 9.88 Å². The topological polar surface area (TPSA) is 51.4 Å². The molecule has 0 aliphatic rings. The van der Waals surface area contributed by atoms with Gasteiger partial charge in [-0.05, 0) is 25.0 Å². The van der Waals surface area contributed by atoms with E-state index >= 15 is 0 Å². The molecule has 1 aromatic rings. The summed E-state index contributed by atoms with van der Waals surface area (Å²) in [5.74, 6) is 0. The first kappa shape index (κ1) is 15.9. The summed E-state index contributed by atoms with van der Waals surface area (Å²) in [6.45, 7) is 7.28. The molecule has 0 bridgehead atoms. The molecular weight excluding hydrogens is 238 g/mol. The van der Waals surface area contributed by atoms with Gasteiger partial charge in [-0.25, -0.2) is 0 Å². The molecule has 0 unspecified atom stereocenters. The third-order valence-corrected chi connectivity index (χ3v) is 3.54. The van der Waals surface area contributed by atoms with Crippen molar-refractivity contribution in [2.24, 2.45) is 0 Å². The number of aromatic nitrogens is 1. The summed E-state index contributed by atoms with van der Waals surface area (Å²) in [5, 5.41) is 0. The fourth-order valence-electron chi connectivity index (χ4n) is 2.33. The molecule has 4 heteroatoms. The second-order valence-electron chi connectivity index (χ2n) is 4.83. The Bertz CT molecular complexity index is 336. The predicted octanol–water partition coefficient (Wildman–Crippen LogP) is 2.34. The van der Waals surface area contributed by atoms with Gasteiger partial charge >= 0.3 is 0 Å². The molecule has 0 spiro atoms. The van der Waals surface area contributed by atoms with Crippen LogP contribution in [0, 0.1) is 0 Å². The first-order chi connectivity index (χ1) is 9.21. The smallest absolute Gasteiger partial charge is 0.0589 e. The first-order valence-electron chi connectivity index (χ1n) is 7.14. The van der Waals surface area contributed by atoms with Crippen molar-refractivity contribution < 1.29 is 4.74 Å². The van der Waals surface area contributed by atoms with Crippen LogP contribution in [0.1, 0.15) is 32.4 Å². The number of nitrogen functional groups attached to an aromatic ring is 1. The molecule has 0 saturated carbocycles. The highest BCUT2D eigenvalue weighted by Gasteiger charge is 2.14. The third kappa shape index (κ3) is 5.57. The first-order valence-corrected chi connectivity index (χ1v) is 7.14. The van der Waals surface area contributed by atoms with Crippen LogP contribution in [0.3, 0.4) is 0 Å². The molecule has 0 aromatic carbocycles. The van der Waals surface area contributed by atoms with Crippen molar-refractivity contribution in [3.05, 3.63) is 24.0 Å². The minimum Gasteiger partial charge on any atom is -0.397 e. The van der Waals surface area contributed by atoms with Crippen LogP contribution in [0.25, 0.3) is 0 Å². The quantitative estimate of drug-likeness (QED) is 0.744. The fourth-order valence-corrected chi connectivity index (χ4v) is 2.33. The molecule has 0 aliphatic heterocycles. The fraction of sp³-hybridized carbons (Fsp3) is 0.667. The number of pyridine rings is 1. The average Bonchev–Trinajstić information content (AvgIpc) is 2.44. The SMILES string of the molecule is CCC(CC)N(CCOC)CCc1ccc(N)cn1. The van der Waals surface area contributed by atoms with E-state index in [1.54, 1.807) is 13.3 Å². The summed E-state index contributed by atoms with van der Waals surface area (Å²) in [6, 6.07) is 4.55. The molecule has 4 nitrogen and oxygen atoms in total. The normalized spacial score (nSPS) is 11.4. The lowest BCUT2D eigenvalue weighted by molar-refractivity contribution is 0.116. The minimum atomic E-state index is 0.629. The van der Waals surface area contributed by atoms with Gasteiger partial charge in [-0.2, -0.15) is 0 Å². The largest absolute Gasteiger partial charge is 0.397 e. The van der Waals surface area contributed by atoms with Gasteiger partial charge in [-0.1, -0.05) is 13.8 Å². The van der Waals surface area contributed by atoms with Gasteiger partial charge in [-0.15, -0.1) is 0 Å². The molecule has 108 valence electrons. The lowest BCUT2D eigenvalue weighted by Gasteiger charge is -2.30. The Morgan fingerprint density at radius 3 is 2.53 bits per heavy atom. The molecule has 1 rings (SSSR count). The lowest BCUT2D eigenvalue weighted by Crippen LogP contribution is -2.38. The predicted molar refractivity (Wildman–Crippen MR) is 80.2 cm³/mol. The van der Waals surface area contributed by atoms with E-state index in [1.165, 1.54) is 12.8 Å². The van der Waals surface area contributed by atoms with Gasteiger partial charge in [0.05, 0.1) is 18.5 Å². The van der Waals surface area contributed by atoms with E-state index in [0.29, 0.717) is 6.04 Å². The third-order valence-electron chi connectivity index (χ3n) is 3.54. The molecule has 2 N–H and O–H groups in total. The zero-order chi connectivity index (χ0) is 14.1. The van der Waals surface area contributed by atoms with Gasteiger partial charge in [0.2, 0.25) is 0 Å². The van der Waals surface area contributed by atoms with Crippen LogP contribution in [-0.4, -0.2) is 42.7 Å². The number of nitrogens with zero attached hydrogens (tertiary/aromatic N) is 2. The second-order valence-corrected chi connectivity index (χ2v) is 4.83. The zero-order valence-corrected chi connectivity index (χ0v) is 12.4. The van der Waals surface area contributed by atoms with Gasteiger partial charge in [0.25, 0.3) is 0 Å². The summed E-state index contributed by atoms with van der Waals surface area (Å²) in [7, 11) is 1.76. The molecule has 19 heavy (non-hydrogen) atoms. The standard InChI is InChI=1S/C15H27N3O/c1-4-15(5-2)18(10-11-19-3)9-8-14-7-6-13(16)12-17-14/h6-7,12,15H,4-5,8-11,16H2,1-3H3. The maximum absolute atomic E-state index is 5.65. The second kappa shape index (κ2) is 8.88. The summed E-state index contributed by atoms with van der Waals surface area (Å²) >= 11 is 0. The Balaban J connectivity index is 2.53. The van der Waals surface area contributed by atoms with E-state index in [-0.39, 0.29) is 0 Å². The molecule has 0 atom stereocenters. The number of hydrogen-bond acceptors (Lipinski definition) is 4. The molecule has 0 fully saturated rings. The number of anilines is 1. The van der Waals surface area contributed by atoms with Gasteiger partial charge < -0.3 is 10.5 Å². The van der Waals surface area contributed by atoms with E-state index in [4.69, 9.17) is 10.5 Å². The van der Waals surface area contributed by atoms with Crippen molar-refractivity contribution in [1.29, 1.82) is 0 Å². The van der Waals surface area contributed by atoms with Crippen LogP contribution < -0.4 is 5.73 Å². The van der Waals surface area contributed by atoms with E-state index in [9.17, 15) is 0 Å². The maximum Gasteiger partial charge on any atom is 0.0589 e. The van der Waals surface area contributed by atoms with Crippen LogP contribution in [0.5, 0.6) is 0 Å². The number of rotatable bonds is 9. The van der Waals surface area contributed by atoms with Crippen molar-refractivity contribution in [3.8, 4) is 0 Å². The van der Waals surface area contributed by atoms with Gasteiger partial charge in [0.15, 0.2) is 0 Å². The molecular formula is C15H27N3O. The Kier molecular flexibility index (Phi) is 7.45. The van der Waals surface area contributed by atoms with Crippen molar-refractivity contribution in [2.75, 3.05) is 32.5 Å².